The van der Waals surface area contributed by atoms with E-state index in [2.05, 4.69) is 64.3 Å². The molecule has 31 heavy (non-hydrogen) atoms. The smallest absolute Gasteiger partial charge is 0.221 e. The van der Waals surface area contributed by atoms with Crippen molar-refractivity contribution in [3.63, 3.8) is 0 Å². The molecule has 1 saturated heterocycles. The summed E-state index contributed by atoms with van der Waals surface area (Å²) in [5.74, 6) is -0.0947. The van der Waals surface area contributed by atoms with Crippen LogP contribution < -0.4 is 15.5 Å². The molecule has 2 aromatic heterocycles. The molecule has 6 nitrogen and oxygen atoms in total. The molecule has 1 aromatic carbocycles. The molecule has 0 radical (unpaired) electrons. The standard InChI is InChI=1S/C24H27N5OS/c1-16(30)26-18-8-10-19(11-9-18)29-22(17-12-14-28(15-17)24(2,3)4)21(27-23(29)31)20-7-5-6-13-25-20/h5-15,21-22H,1-4H3,(H,26,30)(H,27,31)/t21-,22+/m0/s1. The topological polar surface area (TPSA) is 62.2 Å². The molecule has 4 rings (SSSR count). The largest absolute Gasteiger partial charge is 0.351 e. The van der Waals surface area contributed by atoms with Gasteiger partial charge in [0.2, 0.25) is 5.91 Å². The highest BCUT2D eigenvalue weighted by atomic mass is 32.1. The molecule has 160 valence electrons. The van der Waals surface area contributed by atoms with Crippen molar-refractivity contribution in [2.45, 2.75) is 45.3 Å². The fourth-order valence-electron chi connectivity index (χ4n) is 3.89. The number of hydrogen-bond donors (Lipinski definition) is 2. The summed E-state index contributed by atoms with van der Waals surface area (Å²) in [5.41, 5.74) is 3.79. The molecule has 7 heteroatoms. The zero-order valence-electron chi connectivity index (χ0n) is 18.2. The molecule has 2 atom stereocenters. The number of benzene rings is 1. The molecule has 0 spiro atoms. The van der Waals surface area contributed by atoms with Crippen LogP contribution in [0.4, 0.5) is 11.4 Å². The maximum absolute atomic E-state index is 11.4. The van der Waals surface area contributed by atoms with Crippen LogP contribution >= 0.6 is 12.2 Å². The minimum absolute atomic E-state index is 0.0177. The predicted molar refractivity (Wildman–Crippen MR) is 128 cm³/mol. The Balaban J connectivity index is 1.76. The van der Waals surface area contributed by atoms with E-state index in [1.165, 1.54) is 6.92 Å². The Morgan fingerprint density at radius 3 is 2.45 bits per heavy atom. The first-order valence-electron chi connectivity index (χ1n) is 10.3. The zero-order valence-corrected chi connectivity index (χ0v) is 19.0. The maximum Gasteiger partial charge on any atom is 0.221 e. The minimum atomic E-state index is -0.0947. The molecular weight excluding hydrogens is 406 g/mol. The van der Waals surface area contributed by atoms with E-state index in [4.69, 9.17) is 12.2 Å². The summed E-state index contributed by atoms with van der Waals surface area (Å²) in [6, 6.07) is 15.7. The number of carbonyl (C=O) groups is 1. The number of nitrogens with zero attached hydrogens (tertiary/aromatic N) is 3. The SMILES string of the molecule is CC(=O)Nc1ccc(N2C(=S)N[C@@H](c3ccccn3)[C@H]2c2ccn(C(C)(C)C)c2)cc1. The van der Waals surface area contributed by atoms with E-state index in [0.29, 0.717) is 5.11 Å². The lowest BCUT2D eigenvalue weighted by Crippen LogP contribution is -2.29. The van der Waals surface area contributed by atoms with Crippen molar-refractivity contribution >= 4 is 34.6 Å². The monoisotopic (exact) mass is 433 g/mol. The number of pyridine rings is 1. The van der Waals surface area contributed by atoms with Crippen LogP contribution in [0.3, 0.4) is 0 Å². The van der Waals surface area contributed by atoms with Crippen LogP contribution in [-0.4, -0.2) is 20.6 Å². The highest BCUT2D eigenvalue weighted by molar-refractivity contribution is 7.80. The van der Waals surface area contributed by atoms with Crippen LogP contribution in [0.15, 0.2) is 67.1 Å². The Morgan fingerprint density at radius 1 is 1.13 bits per heavy atom. The van der Waals surface area contributed by atoms with Crippen LogP contribution in [0.1, 0.15) is 51.0 Å². The van der Waals surface area contributed by atoms with Gasteiger partial charge in [-0.3, -0.25) is 9.78 Å². The minimum Gasteiger partial charge on any atom is -0.351 e. The summed E-state index contributed by atoms with van der Waals surface area (Å²) in [4.78, 5) is 18.1. The number of aromatic nitrogens is 2. The normalized spacial score (nSPS) is 18.7. The molecule has 0 aliphatic carbocycles. The first kappa shape index (κ1) is 21.1. The molecule has 0 saturated carbocycles. The molecule has 1 aliphatic rings. The van der Waals surface area contributed by atoms with Crippen molar-refractivity contribution in [3.05, 3.63) is 78.4 Å². The first-order valence-corrected chi connectivity index (χ1v) is 10.7. The molecule has 0 bridgehead atoms. The fraction of sp³-hybridized carbons (Fsp3) is 0.292. The Labute approximate surface area is 188 Å². The number of nitrogens with one attached hydrogen (secondary N) is 2. The second-order valence-corrected chi connectivity index (χ2v) is 9.13. The Morgan fingerprint density at radius 2 is 1.87 bits per heavy atom. The number of hydrogen-bond acceptors (Lipinski definition) is 3. The molecule has 1 fully saturated rings. The molecule has 1 amide bonds. The Kier molecular flexibility index (Phi) is 5.54. The fourth-order valence-corrected chi connectivity index (χ4v) is 4.23. The van der Waals surface area contributed by atoms with Gasteiger partial charge in [0, 0.05) is 42.4 Å². The molecular formula is C24H27N5OS. The number of thiocarbonyl (C=S) groups is 1. The summed E-state index contributed by atoms with van der Waals surface area (Å²) < 4.78 is 2.22. The van der Waals surface area contributed by atoms with Gasteiger partial charge in [-0.05, 0) is 81.0 Å². The molecule has 2 N–H and O–H groups in total. The number of carbonyl (C=O) groups excluding carboxylic acids is 1. The van der Waals surface area contributed by atoms with Crippen molar-refractivity contribution in [1.82, 2.24) is 14.9 Å². The van der Waals surface area contributed by atoms with E-state index < -0.39 is 0 Å². The van der Waals surface area contributed by atoms with E-state index in [0.717, 1.165) is 22.6 Å². The van der Waals surface area contributed by atoms with Gasteiger partial charge in [-0.15, -0.1) is 0 Å². The summed E-state index contributed by atoms with van der Waals surface area (Å²) in [5, 5.41) is 6.94. The van der Waals surface area contributed by atoms with Crippen LogP contribution in [0.25, 0.3) is 0 Å². The number of amides is 1. The van der Waals surface area contributed by atoms with Gasteiger partial charge in [0.25, 0.3) is 0 Å². The third-order valence-corrected chi connectivity index (χ3v) is 5.71. The Hall–Kier alpha value is -3.19. The lowest BCUT2D eigenvalue weighted by molar-refractivity contribution is -0.114. The van der Waals surface area contributed by atoms with E-state index in [-0.39, 0.29) is 23.5 Å². The predicted octanol–water partition coefficient (Wildman–Crippen LogP) is 4.77. The van der Waals surface area contributed by atoms with Gasteiger partial charge in [-0.2, -0.15) is 0 Å². The third-order valence-electron chi connectivity index (χ3n) is 5.40. The van der Waals surface area contributed by atoms with Gasteiger partial charge < -0.3 is 20.1 Å². The van der Waals surface area contributed by atoms with Crippen molar-refractivity contribution in [3.8, 4) is 0 Å². The maximum atomic E-state index is 11.4. The second kappa shape index (κ2) is 8.15. The lowest BCUT2D eigenvalue weighted by Gasteiger charge is -2.28. The van der Waals surface area contributed by atoms with Crippen LogP contribution in [0.2, 0.25) is 0 Å². The van der Waals surface area contributed by atoms with E-state index in [1.807, 2.05) is 48.7 Å². The summed E-state index contributed by atoms with van der Waals surface area (Å²) >= 11 is 5.77. The first-order chi connectivity index (χ1) is 14.7. The van der Waals surface area contributed by atoms with Gasteiger partial charge >= 0.3 is 0 Å². The number of rotatable bonds is 4. The van der Waals surface area contributed by atoms with Crippen molar-refractivity contribution in [2.75, 3.05) is 10.2 Å². The van der Waals surface area contributed by atoms with Crippen molar-refractivity contribution in [1.29, 1.82) is 0 Å². The van der Waals surface area contributed by atoms with E-state index in [1.54, 1.807) is 0 Å². The highest BCUT2D eigenvalue weighted by Crippen LogP contribution is 2.42. The average Bonchev–Trinajstić information content (AvgIpc) is 3.33. The van der Waals surface area contributed by atoms with Crippen molar-refractivity contribution < 1.29 is 4.79 Å². The van der Waals surface area contributed by atoms with Gasteiger partial charge in [0.1, 0.15) is 0 Å². The average molecular weight is 434 g/mol. The van der Waals surface area contributed by atoms with Crippen molar-refractivity contribution in [2.24, 2.45) is 0 Å². The quantitative estimate of drug-likeness (QED) is 0.580. The molecule has 0 unspecified atom stereocenters. The van der Waals surface area contributed by atoms with E-state index in [9.17, 15) is 4.79 Å². The molecule has 1 aliphatic heterocycles. The van der Waals surface area contributed by atoms with Gasteiger partial charge in [-0.1, -0.05) is 6.07 Å². The highest BCUT2D eigenvalue weighted by Gasteiger charge is 2.41. The summed E-state index contributed by atoms with van der Waals surface area (Å²) in [7, 11) is 0. The Bertz CT molecular complexity index is 1090. The zero-order chi connectivity index (χ0) is 22.2. The number of anilines is 2. The second-order valence-electron chi connectivity index (χ2n) is 8.75. The molecule has 3 aromatic rings. The van der Waals surface area contributed by atoms with Crippen LogP contribution in [-0.2, 0) is 10.3 Å². The summed E-state index contributed by atoms with van der Waals surface area (Å²) in [6.45, 7) is 8.05. The van der Waals surface area contributed by atoms with Gasteiger partial charge in [0.15, 0.2) is 5.11 Å². The summed E-state index contributed by atoms with van der Waals surface area (Å²) in [6.07, 6.45) is 6.11. The van der Waals surface area contributed by atoms with Gasteiger partial charge in [0.05, 0.1) is 17.8 Å². The van der Waals surface area contributed by atoms with Crippen LogP contribution in [0.5, 0.6) is 0 Å². The lowest BCUT2D eigenvalue weighted by atomic mass is 9.98. The van der Waals surface area contributed by atoms with Gasteiger partial charge in [-0.25, -0.2) is 0 Å². The third kappa shape index (κ3) is 4.32. The molecule has 3 heterocycles. The van der Waals surface area contributed by atoms with E-state index >= 15 is 0 Å². The van der Waals surface area contributed by atoms with Crippen LogP contribution in [0, 0.1) is 0 Å².